The van der Waals surface area contributed by atoms with E-state index in [2.05, 4.69) is 15.3 Å². The number of nitrogens with one attached hydrogen (secondary N) is 1. The fraction of sp³-hybridized carbons (Fsp3) is 0.278. The van der Waals surface area contributed by atoms with Crippen LogP contribution in [0.5, 0.6) is 11.5 Å². The van der Waals surface area contributed by atoms with Crippen LogP contribution in [0.1, 0.15) is 16.2 Å². The van der Waals surface area contributed by atoms with E-state index in [0.717, 1.165) is 11.6 Å². The average Bonchev–Trinajstić information content (AvgIpc) is 2.94. The zero-order valence-corrected chi connectivity index (χ0v) is 14.0. The summed E-state index contributed by atoms with van der Waals surface area (Å²) < 4.78 is 13.4. The average molecular weight is 338 g/mol. The molecule has 3 heterocycles. The van der Waals surface area contributed by atoms with Crippen LogP contribution in [-0.2, 0) is 7.05 Å². The Morgan fingerprint density at radius 2 is 2.12 bits per heavy atom. The Morgan fingerprint density at radius 3 is 2.96 bits per heavy atom. The van der Waals surface area contributed by atoms with Crippen molar-refractivity contribution in [2.75, 3.05) is 13.2 Å². The Kier molecular flexibility index (Phi) is 3.76. The van der Waals surface area contributed by atoms with Crippen LogP contribution in [0.3, 0.4) is 0 Å². The maximum Gasteiger partial charge on any atom is 0.253 e. The molecule has 0 saturated heterocycles. The van der Waals surface area contributed by atoms with E-state index in [4.69, 9.17) is 9.47 Å². The number of hydrogen-bond donors (Lipinski definition) is 1. The lowest BCUT2D eigenvalue weighted by molar-refractivity contribution is 0.0790. The summed E-state index contributed by atoms with van der Waals surface area (Å²) in [7, 11) is 1.88. The number of hydrogen-bond acceptors (Lipinski definition) is 5. The molecule has 1 N–H and O–H groups in total. The smallest absolute Gasteiger partial charge is 0.253 e. The van der Waals surface area contributed by atoms with Gasteiger partial charge < -0.3 is 19.4 Å². The molecule has 1 unspecified atom stereocenters. The highest BCUT2D eigenvalue weighted by molar-refractivity contribution is 6.04. The third kappa shape index (κ3) is 2.77. The first kappa shape index (κ1) is 15.4. The molecular formula is C18H18N4O3. The highest BCUT2D eigenvalue weighted by atomic mass is 16.6. The topological polar surface area (TPSA) is 78.3 Å². The van der Waals surface area contributed by atoms with Crippen molar-refractivity contribution in [1.29, 1.82) is 0 Å². The molecule has 25 heavy (non-hydrogen) atoms. The quantitative estimate of drug-likeness (QED) is 0.788. The lowest BCUT2D eigenvalue weighted by Gasteiger charge is -2.26. The van der Waals surface area contributed by atoms with Crippen LogP contribution in [-0.4, -0.2) is 39.7 Å². The standard InChI is InChI=1S/C18H18N4O3/c1-11-21-16-13(7-8-19-17(16)22(11)2)18(23)20-9-12-10-24-14-5-3-4-6-15(14)25-12/h3-8,12H,9-10H2,1-2H3,(H,20,23). The normalized spacial score (nSPS) is 16.0. The van der Waals surface area contributed by atoms with E-state index in [-0.39, 0.29) is 12.0 Å². The highest BCUT2D eigenvalue weighted by Gasteiger charge is 2.22. The molecule has 0 aliphatic carbocycles. The Labute approximate surface area is 144 Å². The van der Waals surface area contributed by atoms with E-state index in [0.29, 0.717) is 35.6 Å². The van der Waals surface area contributed by atoms with Gasteiger partial charge in [0.25, 0.3) is 5.91 Å². The second-order valence-electron chi connectivity index (χ2n) is 5.96. The number of aromatic nitrogens is 3. The number of fused-ring (bicyclic) bond motifs is 2. The summed E-state index contributed by atoms with van der Waals surface area (Å²) in [5, 5.41) is 2.90. The molecule has 1 amide bonds. The maximum atomic E-state index is 12.6. The maximum absolute atomic E-state index is 12.6. The highest BCUT2D eigenvalue weighted by Crippen LogP contribution is 2.30. The van der Waals surface area contributed by atoms with Crippen molar-refractivity contribution in [2.45, 2.75) is 13.0 Å². The van der Waals surface area contributed by atoms with E-state index in [1.54, 1.807) is 12.3 Å². The third-order valence-corrected chi connectivity index (χ3v) is 4.28. The second kappa shape index (κ2) is 6.08. The molecule has 7 nitrogen and oxygen atoms in total. The number of ether oxygens (including phenoxy) is 2. The van der Waals surface area contributed by atoms with Crippen LogP contribution in [0, 0.1) is 6.92 Å². The van der Waals surface area contributed by atoms with Gasteiger partial charge in [-0.05, 0) is 25.1 Å². The van der Waals surface area contributed by atoms with Crippen LogP contribution in [0.15, 0.2) is 36.5 Å². The van der Waals surface area contributed by atoms with Crippen LogP contribution in [0.25, 0.3) is 11.2 Å². The number of nitrogens with zero attached hydrogens (tertiary/aromatic N) is 3. The summed E-state index contributed by atoms with van der Waals surface area (Å²) in [4.78, 5) is 21.3. The van der Waals surface area contributed by atoms with Crippen molar-refractivity contribution in [3.8, 4) is 11.5 Å². The van der Waals surface area contributed by atoms with Gasteiger partial charge in [0.05, 0.1) is 12.1 Å². The number of imidazole rings is 1. The number of benzene rings is 1. The SMILES string of the molecule is Cc1nc2c(C(=O)NCC3COc4ccccc4O3)ccnc2n1C. The van der Waals surface area contributed by atoms with E-state index >= 15 is 0 Å². The first-order valence-electron chi connectivity index (χ1n) is 8.08. The summed E-state index contributed by atoms with van der Waals surface area (Å²) in [6.45, 7) is 2.63. The van der Waals surface area contributed by atoms with Crippen molar-refractivity contribution in [2.24, 2.45) is 7.05 Å². The van der Waals surface area contributed by atoms with Crippen molar-refractivity contribution in [1.82, 2.24) is 19.9 Å². The van der Waals surface area contributed by atoms with Gasteiger partial charge in [-0.2, -0.15) is 0 Å². The van der Waals surface area contributed by atoms with Gasteiger partial charge >= 0.3 is 0 Å². The molecule has 0 spiro atoms. The van der Waals surface area contributed by atoms with Crippen molar-refractivity contribution in [3.05, 3.63) is 47.9 Å². The van der Waals surface area contributed by atoms with E-state index in [1.165, 1.54) is 0 Å². The van der Waals surface area contributed by atoms with Gasteiger partial charge in [-0.1, -0.05) is 12.1 Å². The van der Waals surface area contributed by atoms with Gasteiger partial charge in [0.1, 0.15) is 24.1 Å². The number of pyridine rings is 1. The number of aryl methyl sites for hydroxylation is 2. The summed E-state index contributed by atoms with van der Waals surface area (Å²) in [6, 6.07) is 9.18. The molecular weight excluding hydrogens is 320 g/mol. The number of para-hydroxylation sites is 2. The number of carbonyl (C=O) groups is 1. The summed E-state index contributed by atoms with van der Waals surface area (Å²) in [6.07, 6.45) is 1.39. The van der Waals surface area contributed by atoms with Crippen molar-refractivity contribution in [3.63, 3.8) is 0 Å². The molecule has 0 fully saturated rings. The molecule has 1 aliphatic heterocycles. The van der Waals surface area contributed by atoms with E-state index in [1.807, 2.05) is 42.8 Å². The molecule has 1 atom stereocenters. The molecule has 0 saturated carbocycles. The third-order valence-electron chi connectivity index (χ3n) is 4.28. The Bertz CT molecular complexity index is 951. The first-order valence-corrected chi connectivity index (χ1v) is 8.08. The van der Waals surface area contributed by atoms with Crippen molar-refractivity contribution >= 4 is 17.1 Å². The predicted molar refractivity (Wildman–Crippen MR) is 91.9 cm³/mol. The largest absolute Gasteiger partial charge is 0.486 e. The van der Waals surface area contributed by atoms with Gasteiger partial charge in [-0.3, -0.25) is 4.79 Å². The number of rotatable bonds is 3. The van der Waals surface area contributed by atoms with E-state index < -0.39 is 0 Å². The Morgan fingerprint density at radius 1 is 1.32 bits per heavy atom. The number of amides is 1. The van der Waals surface area contributed by atoms with E-state index in [9.17, 15) is 4.79 Å². The predicted octanol–water partition coefficient (Wildman–Crippen LogP) is 1.85. The van der Waals surface area contributed by atoms with Crippen LogP contribution in [0.4, 0.5) is 0 Å². The molecule has 0 bridgehead atoms. The lowest BCUT2D eigenvalue weighted by atomic mass is 10.2. The lowest BCUT2D eigenvalue weighted by Crippen LogP contribution is -2.40. The zero-order chi connectivity index (χ0) is 17.4. The fourth-order valence-corrected chi connectivity index (χ4v) is 2.84. The summed E-state index contributed by atoms with van der Waals surface area (Å²) in [5.74, 6) is 2.03. The first-order chi connectivity index (χ1) is 12.1. The van der Waals surface area contributed by atoms with Crippen LogP contribution < -0.4 is 14.8 Å². The number of carbonyl (C=O) groups excluding carboxylic acids is 1. The van der Waals surface area contributed by atoms with Crippen LogP contribution in [0.2, 0.25) is 0 Å². The van der Waals surface area contributed by atoms with Gasteiger partial charge in [-0.25, -0.2) is 9.97 Å². The molecule has 1 aromatic carbocycles. The monoisotopic (exact) mass is 338 g/mol. The van der Waals surface area contributed by atoms with Crippen molar-refractivity contribution < 1.29 is 14.3 Å². The molecule has 2 aromatic heterocycles. The molecule has 4 rings (SSSR count). The Hall–Kier alpha value is -3.09. The summed E-state index contributed by atoms with van der Waals surface area (Å²) in [5.41, 5.74) is 1.80. The van der Waals surface area contributed by atoms with Gasteiger partial charge in [0.15, 0.2) is 17.1 Å². The molecule has 7 heteroatoms. The minimum Gasteiger partial charge on any atom is -0.486 e. The van der Waals surface area contributed by atoms with Gasteiger partial charge in [-0.15, -0.1) is 0 Å². The van der Waals surface area contributed by atoms with Gasteiger partial charge in [0.2, 0.25) is 0 Å². The molecule has 1 aliphatic rings. The second-order valence-corrected chi connectivity index (χ2v) is 5.96. The molecule has 0 radical (unpaired) electrons. The minimum atomic E-state index is -0.235. The molecule has 128 valence electrons. The molecule has 3 aromatic rings. The zero-order valence-electron chi connectivity index (χ0n) is 14.0. The Balaban J connectivity index is 1.48. The minimum absolute atomic E-state index is 0.201. The summed E-state index contributed by atoms with van der Waals surface area (Å²) >= 11 is 0. The fourth-order valence-electron chi connectivity index (χ4n) is 2.84. The van der Waals surface area contributed by atoms with Crippen LogP contribution >= 0.6 is 0 Å². The van der Waals surface area contributed by atoms with Gasteiger partial charge in [0, 0.05) is 13.2 Å².